The van der Waals surface area contributed by atoms with Gasteiger partial charge in [-0.05, 0) is 35.0 Å². The molecule has 0 fully saturated rings. The molecule has 27 heavy (non-hydrogen) atoms. The zero-order chi connectivity index (χ0) is 19.1. The predicted octanol–water partition coefficient (Wildman–Crippen LogP) is 3.56. The maximum absolute atomic E-state index is 12.4. The molecule has 0 unspecified atom stereocenters. The molecule has 2 aromatic carbocycles. The van der Waals surface area contributed by atoms with Crippen LogP contribution in [0.3, 0.4) is 0 Å². The van der Waals surface area contributed by atoms with Crippen molar-refractivity contribution in [1.82, 2.24) is 5.32 Å². The molecule has 1 aromatic heterocycles. The number of ether oxygens (including phenoxy) is 1. The van der Waals surface area contributed by atoms with E-state index in [0.717, 1.165) is 10.8 Å². The summed E-state index contributed by atoms with van der Waals surface area (Å²) < 4.78 is 10.6. The Labute approximate surface area is 155 Å². The smallest absolute Gasteiger partial charge is 0.262 e. The van der Waals surface area contributed by atoms with Crippen molar-refractivity contribution < 1.29 is 13.9 Å². The fourth-order valence-corrected chi connectivity index (χ4v) is 2.63. The van der Waals surface area contributed by atoms with Crippen molar-refractivity contribution in [3.63, 3.8) is 0 Å². The van der Waals surface area contributed by atoms with Gasteiger partial charge in [-0.1, -0.05) is 30.3 Å². The van der Waals surface area contributed by atoms with Crippen LogP contribution in [0.25, 0.3) is 16.8 Å². The summed E-state index contributed by atoms with van der Waals surface area (Å²) in [4.78, 5) is 12.4. The Bertz CT molecular complexity index is 1070. The highest BCUT2D eigenvalue weighted by Gasteiger charge is 2.13. The highest BCUT2D eigenvalue weighted by Crippen LogP contribution is 2.30. The maximum Gasteiger partial charge on any atom is 0.262 e. The van der Waals surface area contributed by atoms with Crippen LogP contribution in [0.5, 0.6) is 5.75 Å². The largest absolute Gasteiger partial charge is 0.478 e. The van der Waals surface area contributed by atoms with Crippen LogP contribution < -0.4 is 10.1 Å². The van der Waals surface area contributed by atoms with Crippen LogP contribution >= 0.6 is 0 Å². The summed E-state index contributed by atoms with van der Waals surface area (Å²) in [6.45, 7) is 0.0456. The van der Waals surface area contributed by atoms with E-state index in [1.54, 1.807) is 18.2 Å². The third kappa shape index (κ3) is 4.15. The number of amides is 1. The van der Waals surface area contributed by atoms with Gasteiger partial charge in [-0.25, -0.2) is 0 Å². The minimum atomic E-state index is -0.520. The standard InChI is InChI=1S/C21H15N3O3/c22-9-11-27-20-8-7-15-4-1-2-6-18(15)19(20)12-16(13-23)21(25)24-14-17-5-3-10-26-17/h1-8,10,12H,11,14H2,(H,24,25)/b16-12+. The van der Waals surface area contributed by atoms with Crippen LogP contribution in [0.15, 0.2) is 64.8 Å². The lowest BCUT2D eigenvalue weighted by atomic mass is 10.0. The molecule has 0 atom stereocenters. The zero-order valence-corrected chi connectivity index (χ0v) is 14.3. The molecule has 132 valence electrons. The Hall–Kier alpha value is -4.03. The highest BCUT2D eigenvalue weighted by atomic mass is 16.5. The summed E-state index contributed by atoms with van der Waals surface area (Å²) in [5, 5.41) is 22.7. The number of carbonyl (C=O) groups is 1. The fourth-order valence-electron chi connectivity index (χ4n) is 2.63. The first kappa shape index (κ1) is 17.8. The normalized spacial score (nSPS) is 10.8. The van der Waals surface area contributed by atoms with Crippen molar-refractivity contribution in [2.45, 2.75) is 6.54 Å². The lowest BCUT2D eigenvalue weighted by Crippen LogP contribution is -2.23. The van der Waals surface area contributed by atoms with Crippen molar-refractivity contribution in [2.75, 3.05) is 6.61 Å². The summed E-state index contributed by atoms with van der Waals surface area (Å²) >= 11 is 0. The Morgan fingerprint density at radius 1 is 1.15 bits per heavy atom. The summed E-state index contributed by atoms with van der Waals surface area (Å²) in [6, 6.07) is 18.4. The van der Waals surface area contributed by atoms with Crippen LogP contribution in [0, 0.1) is 22.7 Å². The molecular weight excluding hydrogens is 342 g/mol. The van der Waals surface area contributed by atoms with Crippen LogP contribution in [0.4, 0.5) is 0 Å². The van der Waals surface area contributed by atoms with Gasteiger partial charge < -0.3 is 14.5 Å². The monoisotopic (exact) mass is 357 g/mol. The van der Waals surface area contributed by atoms with Gasteiger partial charge in [0.2, 0.25) is 0 Å². The molecule has 0 spiro atoms. The van der Waals surface area contributed by atoms with Gasteiger partial charge in [0.15, 0.2) is 6.61 Å². The minimum absolute atomic E-state index is 0.0697. The van der Waals surface area contributed by atoms with Gasteiger partial charge in [-0.2, -0.15) is 10.5 Å². The van der Waals surface area contributed by atoms with E-state index in [-0.39, 0.29) is 18.7 Å². The lowest BCUT2D eigenvalue weighted by molar-refractivity contribution is -0.117. The predicted molar refractivity (Wildman–Crippen MR) is 99.2 cm³/mol. The van der Waals surface area contributed by atoms with Crippen molar-refractivity contribution >= 4 is 22.8 Å². The minimum Gasteiger partial charge on any atom is -0.478 e. The summed E-state index contributed by atoms with van der Waals surface area (Å²) in [7, 11) is 0. The molecule has 1 heterocycles. The van der Waals surface area contributed by atoms with Gasteiger partial charge in [0, 0.05) is 5.56 Å². The van der Waals surface area contributed by atoms with Crippen molar-refractivity contribution in [2.24, 2.45) is 0 Å². The fraction of sp³-hybridized carbons (Fsp3) is 0.0952. The van der Waals surface area contributed by atoms with Gasteiger partial charge in [0.05, 0.1) is 12.8 Å². The number of fused-ring (bicyclic) bond motifs is 1. The average molecular weight is 357 g/mol. The molecule has 0 saturated carbocycles. The molecule has 0 aliphatic heterocycles. The maximum atomic E-state index is 12.4. The second-order valence-electron chi connectivity index (χ2n) is 5.58. The van der Waals surface area contributed by atoms with Crippen molar-refractivity contribution in [3.8, 4) is 17.9 Å². The summed E-state index contributed by atoms with van der Waals surface area (Å²) in [5.41, 5.74) is 0.507. The number of carbonyl (C=O) groups excluding carboxylic acids is 1. The number of hydrogen-bond donors (Lipinski definition) is 1. The average Bonchev–Trinajstić information content (AvgIpc) is 3.22. The van der Waals surface area contributed by atoms with E-state index in [1.165, 1.54) is 12.3 Å². The highest BCUT2D eigenvalue weighted by molar-refractivity contribution is 6.04. The lowest BCUT2D eigenvalue weighted by Gasteiger charge is -2.10. The van der Waals surface area contributed by atoms with Crippen molar-refractivity contribution in [3.05, 3.63) is 71.7 Å². The van der Waals surface area contributed by atoms with E-state index in [9.17, 15) is 10.1 Å². The van der Waals surface area contributed by atoms with Gasteiger partial charge in [-0.15, -0.1) is 0 Å². The SMILES string of the molecule is N#CCOc1ccc2ccccc2c1/C=C(\C#N)C(=O)NCc1ccco1. The quantitative estimate of drug-likeness (QED) is 0.537. The first-order valence-electron chi connectivity index (χ1n) is 8.17. The van der Waals surface area contributed by atoms with Gasteiger partial charge in [-0.3, -0.25) is 4.79 Å². The Kier molecular flexibility index (Phi) is 5.51. The Morgan fingerprint density at radius 2 is 2.00 bits per heavy atom. The third-order valence-electron chi connectivity index (χ3n) is 3.88. The Morgan fingerprint density at radius 3 is 2.74 bits per heavy atom. The van der Waals surface area contributed by atoms with Crippen LogP contribution in [-0.2, 0) is 11.3 Å². The van der Waals surface area contributed by atoms with Crippen LogP contribution in [0.2, 0.25) is 0 Å². The number of nitrogens with zero attached hydrogens (tertiary/aromatic N) is 2. The number of furan rings is 1. The molecule has 1 N–H and O–H groups in total. The van der Waals surface area contributed by atoms with E-state index in [2.05, 4.69) is 5.32 Å². The van der Waals surface area contributed by atoms with Gasteiger partial charge in [0.1, 0.15) is 29.2 Å². The van der Waals surface area contributed by atoms with E-state index in [0.29, 0.717) is 17.1 Å². The number of nitrogens with one attached hydrogen (secondary N) is 1. The molecule has 3 aromatic rings. The molecule has 6 nitrogen and oxygen atoms in total. The molecule has 3 rings (SSSR count). The number of hydrogen-bond acceptors (Lipinski definition) is 5. The molecule has 0 radical (unpaired) electrons. The second-order valence-corrected chi connectivity index (χ2v) is 5.58. The molecule has 0 bridgehead atoms. The molecular formula is C21H15N3O3. The summed E-state index contributed by atoms with van der Waals surface area (Å²) in [5.74, 6) is 0.499. The van der Waals surface area contributed by atoms with E-state index in [1.807, 2.05) is 42.5 Å². The van der Waals surface area contributed by atoms with E-state index < -0.39 is 5.91 Å². The summed E-state index contributed by atoms with van der Waals surface area (Å²) in [6.07, 6.45) is 2.99. The third-order valence-corrected chi connectivity index (χ3v) is 3.88. The first-order valence-corrected chi connectivity index (χ1v) is 8.17. The zero-order valence-electron chi connectivity index (χ0n) is 14.3. The number of rotatable bonds is 6. The van der Waals surface area contributed by atoms with Crippen LogP contribution in [-0.4, -0.2) is 12.5 Å². The van der Waals surface area contributed by atoms with E-state index in [4.69, 9.17) is 14.4 Å². The molecule has 0 saturated heterocycles. The van der Waals surface area contributed by atoms with Crippen LogP contribution in [0.1, 0.15) is 11.3 Å². The van der Waals surface area contributed by atoms with E-state index >= 15 is 0 Å². The van der Waals surface area contributed by atoms with Gasteiger partial charge >= 0.3 is 0 Å². The first-order chi connectivity index (χ1) is 13.2. The Balaban J connectivity index is 1.96. The molecule has 6 heteroatoms. The second kappa shape index (κ2) is 8.37. The molecule has 0 aliphatic carbocycles. The molecule has 1 amide bonds. The van der Waals surface area contributed by atoms with Gasteiger partial charge in [0.25, 0.3) is 5.91 Å². The number of benzene rings is 2. The van der Waals surface area contributed by atoms with Crippen molar-refractivity contribution in [1.29, 1.82) is 10.5 Å². The topological polar surface area (TPSA) is 99.0 Å². The number of nitriles is 2. The molecule has 0 aliphatic rings.